The van der Waals surface area contributed by atoms with Crippen molar-refractivity contribution >= 4 is 11.6 Å². The van der Waals surface area contributed by atoms with Crippen molar-refractivity contribution in [1.82, 2.24) is 14.9 Å². The van der Waals surface area contributed by atoms with Crippen LogP contribution in [0.3, 0.4) is 0 Å². The Balaban J connectivity index is 1.86. The molecule has 2 heterocycles. The molecule has 0 saturated heterocycles. The van der Waals surface area contributed by atoms with Gasteiger partial charge < -0.3 is 15.2 Å². The summed E-state index contributed by atoms with van der Waals surface area (Å²) in [4.78, 5) is 15.2. The van der Waals surface area contributed by atoms with Gasteiger partial charge in [0.05, 0.1) is 18.2 Å². The van der Waals surface area contributed by atoms with Gasteiger partial charge in [-0.05, 0) is 12.0 Å². The lowest BCUT2D eigenvalue weighted by Crippen LogP contribution is -2.24. The number of para-hydroxylation sites is 1. The Morgan fingerprint density at radius 2 is 2.40 bits per heavy atom. The summed E-state index contributed by atoms with van der Waals surface area (Å²) >= 11 is 0. The fraction of sp³-hybridized carbons (Fsp3) is 0.333. The first-order valence-electron chi connectivity index (χ1n) is 6.86. The Bertz CT molecular complexity index is 633. The number of carbonyl (C=O) groups excluding carboxylic acids is 1. The summed E-state index contributed by atoms with van der Waals surface area (Å²) in [5, 5.41) is 6.26. The molecule has 5 nitrogen and oxygen atoms in total. The van der Waals surface area contributed by atoms with E-state index in [1.165, 1.54) is 23.7 Å². The molecule has 1 amide bonds. The summed E-state index contributed by atoms with van der Waals surface area (Å²) in [7, 11) is 0. The SMILES string of the molecule is CC(=O)NCCn1cncc1-c1cccc2c1NCC2. The molecule has 1 aromatic carbocycles. The second kappa shape index (κ2) is 5.36. The van der Waals surface area contributed by atoms with Gasteiger partial charge >= 0.3 is 0 Å². The number of imidazole rings is 1. The van der Waals surface area contributed by atoms with Crippen LogP contribution in [0.1, 0.15) is 12.5 Å². The molecule has 0 atom stereocenters. The quantitative estimate of drug-likeness (QED) is 0.888. The smallest absolute Gasteiger partial charge is 0.216 e. The molecule has 0 spiro atoms. The van der Waals surface area contributed by atoms with Crippen molar-refractivity contribution in [3.63, 3.8) is 0 Å². The number of amides is 1. The summed E-state index contributed by atoms with van der Waals surface area (Å²) in [6, 6.07) is 6.37. The van der Waals surface area contributed by atoms with Crippen LogP contribution in [0.5, 0.6) is 0 Å². The van der Waals surface area contributed by atoms with E-state index in [9.17, 15) is 4.79 Å². The van der Waals surface area contributed by atoms with Crippen LogP contribution in [-0.4, -0.2) is 28.5 Å². The molecule has 0 aliphatic carbocycles. The normalized spacial score (nSPS) is 12.8. The summed E-state index contributed by atoms with van der Waals surface area (Å²) in [5.74, 6) is -0.00562. The molecule has 2 aromatic rings. The molecule has 2 N–H and O–H groups in total. The van der Waals surface area contributed by atoms with Gasteiger partial charge in [-0.2, -0.15) is 0 Å². The number of carbonyl (C=O) groups is 1. The fourth-order valence-electron chi connectivity index (χ4n) is 2.63. The number of hydrogen-bond acceptors (Lipinski definition) is 3. The van der Waals surface area contributed by atoms with Gasteiger partial charge in [-0.3, -0.25) is 4.79 Å². The molecule has 0 radical (unpaired) electrons. The summed E-state index contributed by atoms with van der Waals surface area (Å²) in [6.07, 6.45) is 4.76. The summed E-state index contributed by atoms with van der Waals surface area (Å²) in [5.41, 5.74) is 4.84. The van der Waals surface area contributed by atoms with Gasteiger partial charge in [-0.25, -0.2) is 4.98 Å². The van der Waals surface area contributed by atoms with E-state index in [-0.39, 0.29) is 5.91 Å². The molecule has 20 heavy (non-hydrogen) atoms. The Hall–Kier alpha value is -2.30. The van der Waals surface area contributed by atoms with E-state index in [1.54, 1.807) is 0 Å². The minimum Gasteiger partial charge on any atom is -0.384 e. The average molecular weight is 270 g/mol. The number of nitrogens with zero attached hydrogens (tertiary/aromatic N) is 2. The highest BCUT2D eigenvalue weighted by molar-refractivity contribution is 5.79. The Morgan fingerprint density at radius 3 is 3.25 bits per heavy atom. The molecule has 0 saturated carbocycles. The van der Waals surface area contributed by atoms with E-state index >= 15 is 0 Å². The van der Waals surface area contributed by atoms with Crippen molar-refractivity contribution in [3.8, 4) is 11.3 Å². The molecular weight excluding hydrogens is 252 g/mol. The molecule has 5 heteroatoms. The van der Waals surface area contributed by atoms with Crippen molar-refractivity contribution in [2.45, 2.75) is 19.9 Å². The number of hydrogen-bond donors (Lipinski definition) is 2. The first-order chi connectivity index (χ1) is 9.75. The van der Waals surface area contributed by atoms with E-state index in [0.717, 1.165) is 25.2 Å². The third kappa shape index (κ3) is 2.39. The number of nitrogens with one attached hydrogen (secondary N) is 2. The van der Waals surface area contributed by atoms with E-state index in [2.05, 4.69) is 38.4 Å². The Labute approximate surface area is 118 Å². The monoisotopic (exact) mass is 270 g/mol. The molecule has 0 fully saturated rings. The number of benzene rings is 1. The van der Waals surface area contributed by atoms with Gasteiger partial charge in [0, 0.05) is 37.8 Å². The van der Waals surface area contributed by atoms with Gasteiger partial charge in [-0.15, -0.1) is 0 Å². The molecular formula is C15H18N4O. The second-order valence-corrected chi connectivity index (χ2v) is 4.97. The highest BCUT2D eigenvalue weighted by Gasteiger charge is 2.16. The Morgan fingerprint density at radius 1 is 1.50 bits per heavy atom. The third-order valence-electron chi connectivity index (χ3n) is 3.56. The molecule has 1 aliphatic heterocycles. The van der Waals surface area contributed by atoms with Gasteiger partial charge in [-0.1, -0.05) is 18.2 Å². The van der Waals surface area contributed by atoms with Gasteiger partial charge in [0.1, 0.15) is 0 Å². The van der Waals surface area contributed by atoms with Gasteiger partial charge in [0.25, 0.3) is 0 Å². The average Bonchev–Trinajstić information content (AvgIpc) is 3.05. The number of anilines is 1. The number of rotatable bonds is 4. The topological polar surface area (TPSA) is 59.0 Å². The zero-order valence-corrected chi connectivity index (χ0v) is 11.5. The van der Waals surface area contributed by atoms with E-state index in [4.69, 9.17) is 0 Å². The highest BCUT2D eigenvalue weighted by atomic mass is 16.1. The van der Waals surface area contributed by atoms with Gasteiger partial charge in [0.2, 0.25) is 5.91 Å². The maximum Gasteiger partial charge on any atom is 0.216 e. The van der Waals surface area contributed by atoms with Crippen LogP contribution in [0.2, 0.25) is 0 Å². The lowest BCUT2D eigenvalue weighted by Gasteiger charge is -2.12. The van der Waals surface area contributed by atoms with Crippen LogP contribution in [0.25, 0.3) is 11.3 Å². The first-order valence-corrected chi connectivity index (χ1v) is 6.86. The number of aromatic nitrogens is 2. The molecule has 0 bridgehead atoms. The van der Waals surface area contributed by atoms with Gasteiger partial charge in [0.15, 0.2) is 0 Å². The fourth-order valence-corrected chi connectivity index (χ4v) is 2.63. The predicted molar refractivity (Wildman–Crippen MR) is 78.5 cm³/mol. The molecule has 1 aliphatic rings. The zero-order chi connectivity index (χ0) is 13.9. The van der Waals surface area contributed by atoms with Crippen molar-refractivity contribution in [2.24, 2.45) is 0 Å². The molecule has 3 rings (SSSR count). The van der Waals surface area contributed by atoms with Crippen molar-refractivity contribution in [1.29, 1.82) is 0 Å². The van der Waals surface area contributed by atoms with E-state index < -0.39 is 0 Å². The van der Waals surface area contributed by atoms with Crippen LogP contribution in [0, 0.1) is 0 Å². The lowest BCUT2D eigenvalue weighted by molar-refractivity contribution is -0.118. The lowest BCUT2D eigenvalue weighted by atomic mass is 10.1. The zero-order valence-electron chi connectivity index (χ0n) is 11.5. The largest absolute Gasteiger partial charge is 0.384 e. The maximum atomic E-state index is 10.9. The van der Waals surface area contributed by atoms with Crippen molar-refractivity contribution in [3.05, 3.63) is 36.3 Å². The predicted octanol–water partition coefficient (Wildman–Crippen LogP) is 1.65. The van der Waals surface area contributed by atoms with Crippen molar-refractivity contribution in [2.75, 3.05) is 18.4 Å². The van der Waals surface area contributed by atoms with E-state index in [0.29, 0.717) is 6.54 Å². The standard InChI is InChI=1S/C15H18N4O/c1-11(20)17-7-8-19-10-16-9-14(19)13-4-2-3-12-5-6-18-15(12)13/h2-4,9-10,18H,5-8H2,1H3,(H,17,20). The maximum absolute atomic E-state index is 10.9. The van der Waals surface area contributed by atoms with Crippen LogP contribution in [-0.2, 0) is 17.8 Å². The van der Waals surface area contributed by atoms with Crippen LogP contribution >= 0.6 is 0 Å². The molecule has 0 unspecified atom stereocenters. The minimum absolute atomic E-state index is 0.00562. The summed E-state index contributed by atoms with van der Waals surface area (Å²) in [6.45, 7) is 3.86. The van der Waals surface area contributed by atoms with Crippen LogP contribution in [0.4, 0.5) is 5.69 Å². The number of fused-ring (bicyclic) bond motifs is 1. The van der Waals surface area contributed by atoms with Crippen LogP contribution in [0.15, 0.2) is 30.7 Å². The van der Waals surface area contributed by atoms with E-state index in [1.807, 2.05) is 12.5 Å². The first kappa shape index (κ1) is 12.7. The summed E-state index contributed by atoms with van der Waals surface area (Å²) < 4.78 is 2.07. The van der Waals surface area contributed by atoms with Crippen LogP contribution < -0.4 is 10.6 Å². The molecule has 104 valence electrons. The van der Waals surface area contributed by atoms with Crippen molar-refractivity contribution < 1.29 is 4.79 Å². The second-order valence-electron chi connectivity index (χ2n) is 4.97. The third-order valence-corrected chi connectivity index (χ3v) is 3.56. The Kier molecular flexibility index (Phi) is 3.41. The highest BCUT2D eigenvalue weighted by Crippen LogP contribution is 2.33. The minimum atomic E-state index is -0.00562. The molecule has 1 aromatic heterocycles.